The first kappa shape index (κ1) is 13.8. The van der Waals surface area contributed by atoms with Crippen LogP contribution in [0.3, 0.4) is 0 Å². The number of rotatable bonds is 5. The third kappa shape index (κ3) is 4.18. The second kappa shape index (κ2) is 7.06. The van der Waals surface area contributed by atoms with Gasteiger partial charge in [-0.15, -0.1) is 0 Å². The van der Waals surface area contributed by atoms with Crippen LogP contribution in [0.25, 0.3) is 0 Å². The van der Waals surface area contributed by atoms with E-state index in [2.05, 4.69) is 15.2 Å². The minimum absolute atomic E-state index is 0.0294. The van der Waals surface area contributed by atoms with E-state index in [4.69, 9.17) is 9.84 Å². The molecule has 0 atom stereocenters. The van der Waals surface area contributed by atoms with Gasteiger partial charge in [0.1, 0.15) is 5.82 Å². The van der Waals surface area contributed by atoms with Crippen molar-refractivity contribution in [3.63, 3.8) is 0 Å². The first-order chi connectivity index (χ1) is 9.29. The largest absolute Gasteiger partial charge is 0.396 e. The maximum Gasteiger partial charge on any atom is 0.224 e. The minimum Gasteiger partial charge on any atom is -0.396 e. The van der Waals surface area contributed by atoms with Gasteiger partial charge in [-0.3, -0.25) is 4.79 Å². The SMILES string of the molecule is O=C(CCCO)Nc1ccc(N2CCOCC2)nc1. The third-order valence-electron chi connectivity index (χ3n) is 2.93. The molecule has 6 nitrogen and oxygen atoms in total. The first-order valence-corrected chi connectivity index (χ1v) is 6.49. The molecule has 1 fully saturated rings. The Morgan fingerprint density at radius 3 is 2.84 bits per heavy atom. The van der Waals surface area contributed by atoms with E-state index in [-0.39, 0.29) is 12.5 Å². The average Bonchev–Trinajstić information content (AvgIpc) is 2.47. The summed E-state index contributed by atoms with van der Waals surface area (Å²) in [6.07, 6.45) is 2.45. The van der Waals surface area contributed by atoms with Crippen LogP contribution in [-0.4, -0.2) is 48.9 Å². The molecule has 1 saturated heterocycles. The quantitative estimate of drug-likeness (QED) is 0.816. The van der Waals surface area contributed by atoms with Crippen LogP contribution in [-0.2, 0) is 9.53 Å². The van der Waals surface area contributed by atoms with Crippen LogP contribution in [0.5, 0.6) is 0 Å². The van der Waals surface area contributed by atoms with Gasteiger partial charge in [0.25, 0.3) is 0 Å². The molecule has 1 aliphatic heterocycles. The summed E-state index contributed by atoms with van der Waals surface area (Å²) in [6.45, 7) is 3.16. The molecule has 0 bridgehead atoms. The normalized spacial score (nSPS) is 15.3. The number of aliphatic hydroxyl groups is 1. The van der Waals surface area contributed by atoms with Crippen molar-refractivity contribution in [2.75, 3.05) is 43.1 Å². The van der Waals surface area contributed by atoms with Gasteiger partial charge in [0.05, 0.1) is 25.1 Å². The fourth-order valence-electron chi connectivity index (χ4n) is 1.90. The van der Waals surface area contributed by atoms with Crippen LogP contribution in [0.2, 0.25) is 0 Å². The molecule has 0 unspecified atom stereocenters. The Balaban J connectivity index is 1.88. The van der Waals surface area contributed by atoms with Gasteiger partial charge in [-0.05, 0) is 18.6 Å². The number of pyridine rings is 1. The molecule has 0 saturated carbocycles. The van der Waals surface area contributed by atoms with Gasteiger partial charge in [0, 0.05) is 26.1 Å². The number of nitrogens with one attached hydrogen (secondary N) is 1. The highest BCUT2D eigenvalue weighted by Crippen LogP contribution is 2.15. The van der Waals surface area contributed by atoms with Gasteiger partial charge in [0.2, 0.25) is 5.91 Å². The van der Waals surface area contributed by atoms with Crippen LogP contribution in [0, 0.1) is 0 Å². The average molecular weight is 265 g/mol. The summed E-state index contributed by atoms with van der Waals surface area (Å²) in [5, 5.41) is 11.4. The van der Waals surface area contributed by atoms with Crippen molar-refractivity contribution in [3.8, 4) is 0 Å². The van der Waals surface area contributed by atoms with E-state index in [9.17, 15) is 4.79 Å². The number of carbonyl (C=O) groups is 1. The molecule has 6 heteroatoms. The van der Waals surface area contributed by atoms with Crippen LogP contribution >= 0.6 is 0 Å². The number of morpholine rings is 1. The molecule has 1 amide bonds. The van der Waals surface area contributed by atoms with Crippen molar-refractivity contribution < 1.29 is 14.6 Å². The lowest BCUT2D eigenvalue weighted by atomic mass is 10.3. The minimum atomic E-state index is -0.102. The predicted octanol–water partition coefficient (Wildman–Crippen LogP) is 0.629. The summed E-state index contributed by atoms with van der Waals surface area (Å²) in [5.74, 6) is 0.798. The second-order valence-corrected chi connectivity index (χ2v) is 4.38. The molecule has 2 heterocycles. The number of anilines is 2. The molecule has 1 aliphatic rings. The number of nitrogens with zero attached hydrogens (tertiary/aromatic N) is 2. The van der Waals surface area contributed by atoms with Crippen LogP contribution in [0.4, 0.5) is 11.5 Å². The smallest absolute Gasteiger partial charge is 0.224 e. The van der Waals surface area contributed by atoms with E-state index in [0.717, 1.165) is 32.1 Å². The van der Waals surface area contributed by atoms with E-state index < -0.39 is 0 Å². The lowest BCUT2D eigenvalue weighted by molar-refractivity contribution is -0.116. The van der Waals surface area contributed by atoms with Crippen molar-refractivity contribution in [3.05, 3.63) is 18.3 Å². The highest BCUT2D eigenvalue weighted by molar-refractivity contribution is 5.90. The molecular weight excluding hydrogens is 246 g/mol. The number of hydrogen-bond acceptors (Lipinski definition) is 5. The third-order valence-corrected chi connectivity index (χ3v) is 2.93. The molecule has 104 valence electrons. The summed E-state index contributed by atoms with van der Waals surface area (Å²) in [7, 11) is 0. The van der Waals surface area contributed by atoms with Gasteiger partial charge in [0.15, 0.2) is 0 Å². The van der Waals surface area contributed by atoms with Gasteiger partial charge in [-0.2, -0.15) is 0 Å². The number of carbonyl (C=O) groups excluding carboxylic acids is 1. The molecule has 2 rings (SSSR count). The predicted molar refractivity (Wildman–Crippen MR) is 72.2 cm³/mol. The zero-order chi connectivity index (χ0) is 13.5. The Kier molecular flexibility index (Phi) is 5.11. The lowest BCUT2D eigenvalue weighted by Crippen LogP contribution is -2.36. The summed E-state index contributed by atoms with van der Waals surface area (Å²) in [5.41, 5.74) is 0.681. The van der Waals surface area contributed by atoms with Crippen molar-refractivity contribution in [1.82, 2.24) is 4.98 Å². The molecular formula is C13H19N3O3. The Hall–Kier alpha value is -1.66. The Morgan fingerprint density at radius 2 is 2.21 bits per heavy atom. The fraction of sp³-hybridized carbons (Fsp3) is 0.538. The number of amides is 1. The summed E-state index contributed by atoms with van der Waals surface area (Å²) in [6, 6.07) is 3.74. The zero-order valence-corrected chi connectivity index (χ0v) is 10.8. The van der Waals surface area contributed by atoms with E-state index in [1.54, 1.807) is 6.20 Å². The highest BCUT2D eigenvalue weighted by atomic mass is 16.5. The van der Waals surface area contributed by atoms with E-state index >= 15 is 0 Å². The number of aliphatic hydroxyl groups excluding tert-OH is 1. The number of aromatic nitrogens is 1. The molecule has 0 radical (unpaired) electrons. The van der Waals surface area contributed by atoms with Gasteiger partial charge < -0.3 is 20.1 Å². The van der Waals surface area contributed by atoms with Gasteiger partial charge >= 0.3 is 0 Å². The zero-order valence-electron chi connectivity index (χ0n) is 10.8. The Morgan fingerprint density at radius 1 is 1.42 bits per heavy atom. The van der Waals surface area contributed by atoms with Crippen LogP contribution in [0.15, 0.2) is 18.3 Å². The highest BCUT2D eigenvalue weighted by Gasteiger charge is 2.12. The lowest BCUT2D eigenvalue weighted by Gasteiger charge is -2.27. The van der Waals surface area contributed by atoms with Crippen molar-refractivity contribution >= 4 is 17.4 Å². The first-order valence-electron chi connectivity index (χ1n) is 6.49. The van der Waals surface area contributed by atoms with Crippen LogP contribution in [0.1, 0.15) is 12.8 Å². The summed E-state index contributed by atoms with van der Waals surface area (Å²) >= 11 is 0. The molecule has 19 heavy (non-hydrogen) atoms. The molecule has 0 aromatic carbocycles. The monoisotopic (exact) mass is 265 g/mol. The van der Waals surface area contributed by atoms with E-state index in [1.807, 2.05) is 12.1 Å². The molecule has 0 spiro atoms. The van der Waals surface area contributed by atoms with E-state index in [0.29, 0.717) is 18.5 Å². The van der Waals surface area contributed by atoms with Crippen LogP contribution < -0.4 is 10.2 Å². The molecule has 0 aliphatic carbocycles. The molecule has 1 aromatic rings. The van der Waals surface area contributed by atoms with Crippen molar-refractivity contribution in [2.45, 2.75) is 12.8 Å². The number of ether oxygens (including phenoxy) is 1. The summed E-state index contributed by atoms with van der Waals surface area (Å²) in [4.78, 5) is 18.0. The fourth-order valence-corrected chi connectivity index (χ4v) is 1.90. The van der Waals surface area contributed by atoms with Gasteiger partial charge in [-0.25, -0.2) is 4.98 Å². The second-order valence-electron chi connectivity index (χ2n) is 4.38. The van der Waals surface area contributed by atoms with Crippen molar-refractivity contribution in [2.24, 2.45) is 0 Å². The topological polar surface area (TPSA) is 74.7 Å². The maximum atomic E-state index is 11.5. The number of hydrogen-bond donors (Lipinski definition) is 2. The van der Waals surface area contributed by atoms with Crippen molar-refractivity contribution in [1.29, 1.82) is 0 Å². The standard InChI is InChI=1S/C13H19N3O3/c17-7-1-2-13(18)15-11-3-4-12(14-10-11)16-5-8-19-9-6-16/h3-4,10,17H,1-2,5-9H2,(H,15,18). The maximum absolute atomic E-state index is 11.5. The molecule has 2 N–H and O–H groups in total. The van der Waals surface area contributed by atoms with E-state index in [1.165, 1.54) is 0 Å². The Labute approximate surface area is 112 Å². The summed E-state index contributed by atoms with van der Waals surface area (Å²) < 4.78 is 5.29. The molecule has 1 aromatic heterocycles. The van der Waals surface area contributed by atoms with Gasteiger partial charge in [-0.1, -0.05) is 0 Å². The Bertz CT molecular complexity index is 402.